The van der Waals surface area contributed by atoms with Crippen molar-refractivity contribution in [3.05, 3.63) is 66.1 Å². The molecule has 0 saturated carbocycles. The highest BCUT2D eigenvalue weighted by Crippen LogP contribution is 2.32. The van der Waals surface area contributed by atoms with Crippen LogP contribution in [0.4, 0.5) is 19.4 Å². The van der Waals surface area contributed by atoms with Crippen LogP contribution in [0.15, 0.2) is 59.7 Å². The van der Waals surface area contributed by atoms with Crippen molar-refractivity contribution in [1.82, 2.24) is 30.1 Å². The van der Waals surface area contributed by atoms with Gasteiger partial charge in [0.25, 0.3) is 0 Å². The maximum atomic E-state index is 14.0. The molecule has 0 bridgehead atoms. The van der Waals surface area contributed by atoms with Gasteiger partial charge in [0.05, 0.1) is 18.3 Å². The quantitative estimate of drug-likeness (QED) is 0.407. The molecule has 2 N–H and O–H groups in total. The summed E-state index contributed by atoms with van der Waals surface area (Å²) >= 11 is 0. The van der Waals surface area contributed by atoms with E-state index in [0.29, 0.717) is 48.2 Å². The summed E-state index contributed by atoms with van der Waals surface area (Å²) in [6.45, 7) is 4.75. The lowest BCUT2D eigenvalue weighted by Crippen LogP contribution is -2.47. The number of carbonyl (C=O) groups is 1. The van der Waals surface area contributed by atoms with Crippen molar-refractivity contribution in [2.75, 3.05) is 32.1 Å². The highest BCUT2D eigenvalue weighted by atomic mass is 19.1. The second-order valence-corrected chi connectivity index (χ2v) is 9.59. The van der Waals surface area contributed by atoms with Crippen LogP contribution in [0.1, 0.15) is 17.8 Å². The van der Waals surface area contributed by atoms with Crippen LogP contribution in [0.3, 0.4) is 0 Å². The van der Waals surface area contributed by atoms with Crippen molar-refractivity contribution in [3.8, 4) is 16.9 Å². The number of rotatable bonds is 8. The molecule has 1 aromatic carbocycles. The smallest absolute Gasteiger partial charge is 0.320 e. The van der Waals surface area contributed by atoms with Gasteiger partial charge in [0, 0.05) is 56.1 Å². The molecule has 4 heterocycles. The molecule has 1 unspecified atom stereocenters. The lowest BCUT2D eigenvalue weighted by molar-refractivity contribution is -0.161. The van der Waals surface area contributed by atoms with Crippen LogP contribution in [0.2, 0.25) is 0 Å². The predicted molar refractivity (Wildman–Crippen MR) is 144 cm³/mol. The summed E-state index contributed by atoms with van der Waals surface area (Å²) in [6.07, 6.45) is 3.76. The minimum atomic E-state index is -0.911. The number of para-hydroxylation sites is 1. The zero-order valence-corrected chi connectivity index (χ0v) is 22.3. The lowest BCUT2D eigenvalue weighted by atomic mass is 9.92. The van der Waals surface area contributed by atoms with Crippen LogP contribution in [0.25, 0.3) is 16.9 Å². The number of aromatic nitrogens is 4. The van der Waals surface area contributed by atoms with E-state index in [1.165, 1.54) is 6.08 Å². The molecular weight excluding hydrogens is 522 g/mol. The summed E-state index contributed by atoms with van der Waals surface area (Å²) in [5, 5.41) is 12.3. The Morgan fingerprint density at radius 2 is 1.93 bits per heavy atom. The van der Waals surface area contributed by atoms with E-state index in [1.807, 2.05) is 37.3 Å². The first-order valence-electron chi connectivity index (χ1n) is 12.8. The first-order chi connectivity index (χ1) is 19.3. The summed E-state index contributed by atoms with van der Waals surface area (Å²) in [5.74, 6) is -1.30. The molecule has 0 aliphatic carbocycles. The average molecular weight is 553 g/mol. The number of aliphatic imine (C=N–C) groups is 1. The van der Waals surface area contributed by atoms with Crippen LogP contribution in [0, 0.1) is 19.8 Å². The van der Waals surface area contributed by atoms with Crippen LogP contribution < -0.4 is 10.6 Å². The molecule has 2 aliphatic heterocycles. The molecule has 210 valence electrons. The number of aryl methyl sites for hydroxylation is 1. The Labute approximate surface area is 229 Å². The number of hydroxylamine groups is 2. The van der Waals surface area contributed by atoms with Crippen molar-refractivity contribution >= 4 is 17.8 Å². The third kappa shape index (κ3) is 6.06. The van der Waals surface area contributed by atoms with E-state index in [4.69, 9.17) is 14.7 Å². The fraction of sp³-hybridized carbons (Fsp3) is 0.370. The number of hydrogen-bond acceptors (Lipinski definition) is 8. The van der Waals surface area contributed by atoms with Gasteiger partial charge in [0.2, 0.25) is 5.95 Å². The first-order valence-corrected chi connectivity index (χ1v) is 12.8. The fourth-order valence-corrected chi connectivity index (χ4v) is 4.79. The van der Waals surface area contributed by atoms with Gasteiger partial charge in [-0.1, -0.05) is 18.2 Å². The van der Waals surface area contributed by atoms with E-state index >= 15 is 0 Å². The number of urea groups is 1. The number of benzene rings is 1. The SMILES string of the molecule is COCCN1C[C@H](NC(=O)Nc2c(C)c(-c3cnc(C)nc3)nn2-c2ccccc2)[C@@H](C2C=C(F)N=C(F)C2)O1. The highest BCUT2D eigenvalue weighted by molar-refractivity contribution is 5.91. The average Bonchev–Trinajstić information content (AvgIpc) is 3.48. The Morgan fingerprint density at radius 3 is 2.62 bits per heavy atom. The standard InChI is InChI=1S/C27H30F2N8O3/c1-16-24(19-13-30-17(2)31-14-19)35-37(20-7-5-4-6-8-20)26(16)34-27(38)32-21-15-36(9-10-39-3)40-25(21)18-11-22(28)33-23(29)12-18/h4-8,11,13-14,18,21,25H,9-10,12,15H2,1-3H3,(H2,32,34,38)/t18?,21-,25+/m0/s1. The Bertz CT molecular complexity index is 1410. The monoisotopic (exact) mass is 552 g/mol. The summed E-state index contributed by atoms with van der Waals surface area (Å²) in [6, 6.07) is 8.29. The highest BCUT2D eigenvalue weighted by Gasteiger charge is 2.41. The number of carbonyl (C=O) groups excluding carboxylic acids is 1. The largest absolute Gasteiger partial charge is 0.383 e. The second kappa shape index (κ2) is 12.0. The molecule has 11 nitrogen and oxygen atoms in total. The summed E-state index contributed by atoms with van der Waals surface area (Å²) < 4.78 is 34.7. The van der Waals surface area contributed by atoms with Crippen molar-refractivity contribution < 1.29 is 23.1 Å². The van der Waals surface area contributed by atoms with Crippen LogP contribution in [0.5, 0.6) is 0 Å². The molecule has 13 heteroatoms. The van der Waals surface area contributed by atoms with Crippen LogP contribution >= 0.6 is 0 Å². The van der Waals surface area contributed by atoms with Gasteiger partial charge in [0.1, 0.15) is 23.4 Å². The Morgan fingerprint density at radius 1 is 1.18 bits per heavy atom. The van der Waals surface area contributed by atoms with Gasteiger partial charge >= 0.3 is 6.03 Å². The molecule has 1 fully saturated rings. The summed E-state index contributed by atoms with van der Waals surface area (Å²) in [7, 11) is 1.57. The summed E-state index contributed by atoms with van der Waals surface area (Å²) in [4.78, 5) is 31.2. The van der Waals surface area contributed by atoms with E-state index in [9.17, 15) is 13.6 Å². The molecule has 2 amide bonds. The van der Waals surface area contributed by atoms with Crippen molar-refractivity contribution in [3.63, 3.8) is 0 Å². The molecule has 5 rings (SSSR count). The Kier molecular flexibility index (Phi) is 8.24. The zero-order chi connectivity index (χ0) is 28.2. The fourth-order valence-electron chi connectivity index (χ4n) is 4.79. The number of anilines is 1. The minimum Gasteiger partial charge on any atom is -0.383 e. The molecule has 3 aromatic rings. The van der Waals surface area contributed by atoms with Gasteiger partial charge in [0.15, 0.2) is 5.97 Å². The molecular formula is C27H30F2N8O3. The minimum absolute atomic E-state index is 0.127. The number of ether oxygens (including phenoxy) is 1. The normalized spacial score (nSPS) is 21.2. The van der Waals surface area contributed by atoms with E-state index in [2.05, 4.69) is 25.6 Å². The number of nitrogens with zero attached hydrogens (tertiary/aromatic N) is 6. The van der Waals surface area contributed by atoms with Gasteiger partial charge in [-0.25, -0.2) is 19.4 Å². The number of methoxy groups -OCH3 is 1. The molecule has 40 heavy (non-hydrogen) atoms. The maximum Gasteiger partial charge on any atom is 0.320 e. The van der Waals surface area contributed by atoms with Crippen LogP contribution in [-0.4, -0.2) is 75.8 Å². The predicted octanol–water partition coefficient (Wildman–Crippen LogP) is 3.90. The number of hydrogen-bond donors (Lipinski definition) is 2. The first kappa shape index (κ1) is 27.5. The number of nitrogens with one attached hydrogen (secondary N) is 2. The molecule has 0 radical (unpaired) electrons. The molecule has 0 spiro atoms. The Hall–Kier alpha value is -4.07. The maximum absolute atomic E-state index is 14.0. The van der Waals surface area contributed by atoms with Crippen molar-refractivity contribution in [1.29, 1.82) is 0 Å². The van der Waals surface area contributed by atoms with E-state index in [0.717, 1.165) is 5.69 Å². The number of halogens is 2. The second-order valence-electron chi connectivity index (χ2n) is 9.59. The summed E-state index contributed by atoms with van der Waals surface area (Å²) in [5.41, 5.74) is 2.77. The molecule has 2 aromatic heterocycles. The number of amides is 2. The van der Waals surface area contributed by atoms with Gasteiger partial charge in [-0.05, 0) is 32.1 Å². The lowest BCUT2D eigenvalue weighted by Gasteiger charge is -2.26. The third-order valence-electron chi connectivity index (χ3n) is 6.74. The molecule has 3 atom stereocenters. The third-order valence-corrected chi connectivity index (χ3v) is 6.74. The van der Waals surface area contributed by atoms with Gasteiger partial charge < -0.3 is 10.1 Å². The van der Waals surface area contributed by atoms with E-state index in [-0.39, 0.29) is 6.42 Å². The van der Waals surface area contributed by atoms with Gasteiger partial charge in [-0.2, -0.15) is 23.9 Å². The van der Waals surface area contributed by atoms with Crippen molar-refractivity contribution in [2.45, 2.75) is 32.4 Å². The van der Waals surface area contributed by atoms with Gasteiger partial charge in [-0.15, -0.1) is 0 Å². The molecule has 2 aliphatic rings. The van der Waals surface area contributed by atoms with E-state index < -0.39 is 36.0 Å². The molecule has 1 saturated heterocycles. The van der Waals surface area contributed by atoms with Gasteiger partial charge in [-0.3, -0.25) is 10.2 Å². The van der Waals surface area contributed by atoms with Crippen LogP contribution in [-0.2, 0) is 9.57 Å². The zero-order valence-electron chi connectivity index (χ0n) is 22.3. The van der Waals surface area contributed by atoms with E-state index in [1.54, 1.807) is 36.2 Å². The Balaban J connectivity index is 1.40. The topological polar surface area (TPSA) is 119 Å². The van der Waals surface area contributed by atoms with Crippen molar-refractivity contribution in [2.24, 2.45) is 10.9 Å².